The minimum absolute atomic E-state index is 0.0252. The van der Waals surface area contributed by atoms with Crippen molar-refractivity contribution in [3.63, 3.8) is 0 Å². The van der Waals surface area contributed by atoms with Gasteiger partial charge in [-0.05, 0) is 57.9 Å². The van der Waals surface area contributed by atoms with Crippen LogP contribution in [0.1, 0.15) is 39.2 Å². The second-order valence-electron chi connectivity index (χ2n) is 8.67. The average Bonchev–Trinajstić information content (AvgIpc) is 2.69. The maximum absolute atomic E-state index is 14.6. The van der Waals surface area contributed by atoms with Crippen LogP contribution < -0.4 is 4.90 Å². The number of benzene rings is 2. The lowest BCUT2D eigenvalue weighted by Crippen LogP contribution is -2.46. The zero-order valence-corrected chi connectivity index (χ0v) is 17.2. The third-order valence-corrected chi connectivity index (χ3v) is 5.37. The molecule has 0 radical (unpaired) electrons. The van der Waals surface area contributed by atoms with E-state index in [1.54, 1.807) is 17.0 Å². The van der Waals surface area contributed by atoms with E-state index in [0.717, 1.165) is 0 Å². The van der Waals surface area contributed by atoms with Crippen LogP contribution in [0.4, 0.5) is 15.8 Å². The van der Waals surface area contributed by atoms with Crippen LogP contribution in [0.15, 0.2) is 53.5 Å². The lowest BCUT2D eigenvalue weighted by atomic mass is 9.79. The normalized spacial score (nSPS) is 20.6. The number of carbonyl (C=O) groups is 1. The lowest BCUT2D eigenvalue weighted by Gasteiger charge is -2.42. The van der Waals surface area contributed by atoms with E-state index in [2.05, 4.69) is 0 Å². The Morgan fingerprint density at radius 1 is 1.13 bits per heavy atom. The molecule has 154 valence electrons. The molecule has 1 aliphatic heterocycles. The Hall–Kier alpha value is -3.24. The molecule has 0 spiro atoms. The van der Waals surface area contributed by atoms with Crippen molar-refractivity contribution >= 4 is 34.8 Å². The summed E-state index contributed by atoms with van der Waals surface area (Å²) in [7, 11) is 0. The molecule has 30 heavy (non-hydrogen) atoms. The fourth-order valence-electron chi connectivity index (χ4n) is 3.65. The Morgan fingerprint density at radius 3 is 2.47 bits per heavy atom. The Labute approximate surface area is 174 Å². The Bertz CT molecular complexity index is 1060. The van der Waals surface area contributed by atoms with Crippen molar-refractivity contribution in [2.24, 2.45) is 16.3 Å². The summed E-state index contributed by atoms with van der Waals surface area (Å²) in [5.41, 5.74) is 0.807. The van der Waals surface area contributed by atoms with Crippen LogP contribution in [0, 0.1) is 17.2 Å². The van der Waals surface area contributed by atoms with Crippen molar-refractivity contribution in [3.8, 4) is 0 Å². The van der Waals surface area contributed by atoms with Gasteiger partial charge >= 0.3 is 5.97 Å². The van der Waals surface area contributed by atoms with Crippen LogP contribution in [0.2, 0.25) is 0 Å². The number of hydrogen-bond donors (Lipinski definition) is 0. The smallest absolute Gasteiger partial charge is 0.311 e. The van der Waals surface area contributed by atoms with Crippen LogP contribution in [-0.2, 0) is 14.3 Å². The van der Waals surface area contributed by atoms with Gasteiger partial charge in [0.05, 0.1) is 16.7 Å². The highest BCUT2D eigenvalue weighted by molar-refractivity contribution is 6.19. The third-order valence-electron chi connectivity index (χ3n) is 5.37. The summed E-state index contributed by atoms with van der Waals surface area (Å²) in [5.74, 6) is 1.79. The summed E-state index contributed by atoms with van der Waals surface area (Å²) in [6, 6.07) is 13.8. The molecule has 0 saturated heterocycles. The number of amidine groups is 1. The molecule has 2 aromatic carbocycles. The first-order valence-electron chi connectivity index (χ1n) is 9.98. The van der Waals surface area contributed by atoms with E-state index in [9.17, 15) is 14.0 Å². The molecular weight excluding hydrogens is 383 g/mol. The zero-order valence-electron chi connectivity index (χ0n) is 17.2. The number of halogens is 1. The lowest BCUT2D eigenvalue weighted by molar-refractivity contribution is -0.163. The molecule has 1 aliphatic carbocycles. The number of aliphatic imine (C=N–C) groups is 1. The van der Waals surface area contributed by atoms with E-state index >= 15 is 0 Å². The predicted molar refractivity (Wildman–Crippen MR) is 114 cm³/mol. The molecule has 0 bridgehead atoms. The number of anilines is 1. The third kappa shape index (κ3) is 3.55. The second-order valence-corrected chi connectivity index (χ2v) is 8.67. The second kappa shape index (κ2) is 7.54. The van der Waals surface area contributed by atoms with Crippen LogP contribution in [0.5, 0.6) is 0 Å². The van der Waals surface area contributed by atoms with Crippen molar-refractivity contribution in [2.45, 2.75) is 39.7 Å². The Kier molecular flexibility index (Phi) is 5.04. The van der Waals surface area contributed by atoms with Crippen molar-refractivity contribution < 1.29 is 18.7 Å². The van der Waals surface area contributed by atoms with Gasteiger partial charge in [-0.15, -0.1) is 0 Å². The van der Waals surface area contributed by atoms with Crippen LogP contribution >= 0.6 is 0 Å². The standard InChI is InChI=1S/C24H23FN2O3/c1-24(2,3)23(29)30-17-12-15(13-17)22-26-19-11-7-10-18(25)21(19)20(14-28)27(22)16-8-5-4-6-9-16/h4-11,15,17H,12-13H2,1-3H3. The molecule has 0 unspecified atom stereocenters. The Morgan fingerprint density at radius 2 is 1.83 bits per heavy atom. The van der Waals surface area contributed by atoms with E-state index in [1.807, 2.05) is 57.0 Å². The highest BCUT2D eigenvalue weighted by atomic mass is 19.1. The first-order valence-corrected chi connectivity index (χ1v) is 9.98. The maximum atomic E-state index is 14.6. The molecule has 2 aliphatic rings. The molecule has 2 aromatic rings. The summed E-state index contributed by atoms with van der Waals surface area (Å²) in [5, 5.41) is 0. The summed E-state index contributed by atoms with van der Waals surface area (Å²) in [6.07, 6.45) is 1.00. The number of rotatable bonds is 3. The van der Waals surface area contributed by atoms with Crippen LogP contribution in [0.3, 0.4) is 0 Å². The van der Waals surface area contributed by atoms with E-state index in [0.29, 0.717) is 30.1 Å². The molecule has 1 heterocycles. The molecule has 0 atom stereocenters. The monoisotopic (exact) mass is 406 g/mol. The fourth-order valence-corrected chi connectivity index (χ4v) is 3.65. The van der Waals surface area contributed by atoms with Crippen LogP contribution in [0.25, 0.3) is 5.70 Å². The number of ether oxygens (including phenoxy) is 1. The molecule has 4 rings (SSSR count). The fraction of sp³-hybridized carbons (Fsp3) is 0.333. The van der Waals surface area contributed by atoms with E-state index < -0.39 is 11.2 Å². The number of para-hydroxylation sites is 1. The van der Waals surface area contributed by atoms with Gasteiger partial charge in [-0.25, -0.2) is 14.2 Å². The van der Waals surface area contributed by atoms with Crippen LogP contribution in [-0.4, -0.2) is 23.9 Å². The van der Waals surface area contributed by atoms with Crippen molar-refractivity contribution in [1.82, 2.24) is 0 Å². The summed E-state index contributed by atoms with van der Waals surface area (Å²) >= 11 is 0. The average molecular weight is 406 g/mol. The van der Waals surface area contributed by atoms with Gasteiger partial charge in [-0.3, -0.25) is 9.69 Å². The Balaban J connectivity index is 1.69. The van der Waals surface area contributed by atoms with Gasteiger partial charge in [-0.2, -0.15) is 0 Å². The van der Waals surface area contributed by atoms with E-state index in [1.165, 1.54) is 6.07 Å². The quantitative estimate of drug-likeness (QED) is 0.536. The number of nitrogens with zero attached hydrogens (tertiary/aromatic N) is 2. The summed E-state index contributed by atoms with van der Waals surface area (Å²) in [6.45, 7) is 5.46. The molecule has 1 fully saturated rings. The largest absolute Gasteiger partial charge is 0.462 e. The van der Waals surface area contributed by atoms with Crippen molar-refractivity contribution in [3.05, 3.63) is 59.9 Å². The van der Waals surface area contributed by atoms with Gasteiger partial charge in [0.2, 0.25) is 0 Å². The van der Waals surface area contributed by atoms with Gasteiger partial charge in [-0.1, -0.05) is 24.3 Å². The SMILES string of the molecule is CC(C)(C)C(=O)OC1CC(C2=Nc3cccc(F)c3C(=C=O)N2c2ccccc2)C1. The molecule has 0 N–H and O–H groups in total. The zero-order chi connectivity index (χ0) is 21.5. The highest BCUT2D eigenvalue weighted by Gasteiger charge is 2.42. The number of fused-ring (bicyclic) bond motifs is 1. The van der Waals surface area contributed by atoms with Crippen molar-refractivity contribution in [1.29, 1.82) is 0 Å². The number of esters is 1. The van der Waals surface area contributed by atoms with Gasteiger partial charge < -0.3 is 4.74 Å². The summed E-state index contributed by atoms with van der Waals surface area (Å²) < 4.78 is 20.2. The molecule has 0 aromatic heterocycles. The maximum Gasteiger partial charge on any atom is 0.311 e. The molecule has 0 amide bonds. The van der Waals surface area contributed by atoms with Gasteiger partial charge in [0.1, 0.15) is 23.5 Å². The first-order chi connectivity index (χ1) is 14.3. The van der Waals surface area contributed by atoms with Crippen molar-refractivity contribution in [2.75, 3.05) is 4.90 Å². The minimum Gasteiger partial charge on any atom is -0.462 e. The minimum atomic E-state index is -0.562. The number of hydrogen-bond acceptors (Lipinski definition) is 5. The molecule has 6 heteroatoms. The molecular formula is C24H23FN2O3. The number of carbonyl (C=O) groups excluding carboxylic acids is 2. The predicted octanol–water partition coefficient (Wildman–Crippen LogP) is 4.92. The summed E-state index contributed by atoms with van der Waals surface area (Å²) in [4.78, 5) is 30.5. The molecule has 5 nitrogen and oxygen atoms in total. The van der Waals surface area contributed by atoms with E-state index in [-0.39, 0.29) is 29.3 Å². The first kappa shape index (κ1) is 20.0. The molecule has 1 saturated carbocycles. The van der Waals surface area contributed by atoms with Gasteiger partial charge in [0.25, 0.3) is 0 Å². The highest BCUT2D eigenvalue weighted by Crippen LogP contribution is 2.43. The van der Waals surface area contributed by atoms with E-state index in [4.69, 9.17) is 9.73 Å². The topological polar surface area (TPSA) is 59.0 Å². The van der Waals surface area contributed by atoms with Gasteiger partial charge in [0, 0.05) is 11.6 Å². The van der Waals surface area contributed by atoms with Gasteiger partial charge in [0.15, 0.2) is 5.94 Å².